The molecule has 3 aromatic carbocycles. The van der Waals surface area contributed by atoms with Crippen molar-refractivity contribution in [3.8, 4) is 23.3 Å². The van der Waals surface area contributed by atoms with E-state index in [0.717, 1.165) is 101 Å². The van der Waals surface area contributed by atoms with Crippen LogP contribution in [0.4, 0.5) is 15.8 Å². The molecule has 2 saturated heterocycles. The van der Waals surface area contributed by atoms with Gasteiger partial charge in [0.2, 0.25) is 5.88 Å². The van der Waals surface area contributed by atoms with Crippen molar-refractivity contribution < 1.29 is 36.9 Å². The number of halogens is 2. The number of anilines is 2. The normalized spacial score (nSPS) is 22.0. The summed E-state index contributed by atoms with van der Waals surface area (Å²) in [5, 5.41) is 24.3. The summed E-state index contributed by atoms with van der Waals surface area (Å²) in [6.07, 6.45) is 9.59. The number of piperazine rings is 1. The highest BCUT2D eigenvalue weighted by molar-refractivity contribution is 7.90. The molecular weight excluding hydrogens is 1010 g/mol. The number of pyridine rings is 2. The van der Waals surface area contributed by atoms with Crippen LogP contribution in [0.5, 0.6) is 23.3 Å². The van der Waals surface area contributed by atoms with Crippen molar-refractivity contribution in [3.63, 3.8) is 0 Å². The lowest BCUT2D eigenvalue weighted by molar-refractivity contribution is -0.0628. The molecule has 0 unspecified atom stereocenters. The molecule has 10 rings (SSSR count). The fourth-order valence-corrected chi connectivity index (χ4v) is 13.1. The number of aromatic nitrogens is 2. The highest BCUT2D eigenvalue weighted by Crippen LogP contribution is 2.54. The summed E-state index contributed by atoms with van der Waals surface area (Å²) in [5.41, 5.74) is 4.76. The van der Waals surface area contributed by atoms with Gasteiger partial charge in [-0.15, -0.1) is 0 Å². The molecule has 18 heteroatoms. The first-order chi connectivity index (χ1) is 36.4. The standard InChI is InChI=1S/C58H68ClFN7O8S/c1-37(2)44-8-6-7-9-45(44)51-35-65(34-38-10-12-40(59)13-11-38)26-27-67(51)42-31-58(32-42)22-24-66(25-23-58)41-14-15-46(52(28-41)75-53-30-47-48(60)16-17-49(47)62-56(53)73-5)54(68)63-76(71,72)43-29-50(64(4)70)55(61-33-43)74-36-39-18-20-57(3,69)21-19-39/h6-16,28-30,33,37,39,42,51,69H,17-27,31-32,34-36H2,1-5H3,(H,63,68)/q-1/t39?,51-,57?/m0/s1. The molecular formula is C58H68ClFN7O8S-. The number of hydrogen-bond donors (Lipinski definition) is 2. The topological polar surface area (TPSA) is 173 Å². The molecule has 2 N–H and O–H groups in total. The summed E-state index contributed by atoms with van der Waals surface area (Å²) in [7, 11) is -2.01. The number of methoxy groups -OCH3 is 1. The lowest BCUT2D eigenvalue weighted by Crippen LogP contribution is -2.60. The zero-order valence-corrected chi connectivity index (χ0v) is 45.5. The molecule has 5 aromatic rings. The second-order valence-electron chi connectivity index (χ2n) is 22.2. The third-order valence-electron chi connectivity index (χ3n) is 16.5. The Balaban J connectivity index is 0.855. The van der Waals surface area contributed by atoms with E-state index in [2.05, 4.69) is 79.6 Å². The molecule has 4 heterocycles. The predicted octanol–water partition coefficient (Wildman–Crippen LogP) is 10.6. The number of ether oxygens (including phenoxy) is 3. The van der Waals surface area contributed by atoms with Gasteiger partial charge in [-0.25, -0.2) is 27.5 Å². The number of carbonyl (C=O) groups excluding carboxylic acids is 1. The molecule has 2 aliphatic heterocycles. The number of amides is 1. The predicted molar refractivity (Wildman–Crippen MR) is 292 cm³/mol. The van der Waals surface area contributed by atoms with E-state index in [0.29, 0.717) is 35.6 Å². The number of fused-ring (bicyclic) bond motifs is 1. The van der Waals surface area contributed by atoms with E-state index in [-0.39, 0.29) is 70.5 Å². The maximum absolute atomic E-state index is 15.0. The number of carbonyl (C=O) groups is 1. The highest BCUT2D eigenvalue weighted by Gasteiger charge is 2.50. The lowest BCUT2D eigenvalue weighted by Gasteiger charge is -2.58. The quantitative estimate of drug-likeness (QED) is 0.0894. The van der Waals surface area contributed by atoms with Crippen molar-refractivity contribution in [1.29, 1.82) is 0 Å². The molecule has 1 amide bonds. The Morgan fingerprint density at radius 1 is 0.974 bits per heavy atom. The van der Waals surface area contributed by atoms with E-state index in [9.17, 15) is 27.9 Å². The Morgan fingerprint density at radius 2 is 1.71 bits per heavy atom. The molecule has 5 aliphatic rings. The molecule has 4 fully saturated rings. The van der Waals surface area contributed by atoms with Crippen LogP contribution in [-0.4, -0.2) is 104 Å². The largest absolute Gasteiger partial charge is 0.758 e. The number of allylic oxidation sites excluding steroid dienone is 1. The van der Waals surface area contributed by atoms with Gasteiger partial charge >= 0.3 is 0 Å². The van der Waals surface area contributed by atoms with Crippen molar-refractivity contribution in [3.05, 3.63) is 135 Å². The van der Waals surface area contributed by atoms with Gasteiger partial charge in [-0.05, 0) is 142 Å². The first kappa shape index (κ1) is 53.6. The minimum atomic E-state index is -4.62. The zero-order chi connectivity index (χ0) is 53.5. The van der Waals surface area contributed by atoms with Gasteiger partial charge in [-0.1, -0.05) is 61.8 Å². The number of hydroxylamine groups is 1. The molecule has 404 valence electrons. The van der Waals surface area contributed by atoms with Gasteiger partial charge in [0.05, 0.1) is 42.5 Å². The van der Waals surface area contributed by atoms with E-state index >= 15 is 0 Å². The molecule has 1 spiro atoms. The van der Waals surface area contributed by atoms with E-state index in [4.69, 9.17) is 25.8 Å². The van der Waals surface area contributed by atoms with Crippen LogP contribution in [0.25, 0.3) is 5.83 Å². The Hall–Kier alpha value is -5.82. The SMILES string of the molecule is COc1nc2c(cc1Oc1cc(N3CCC4(CC3)CC(N3CCN(Cc5ccc(Cl)cc5)C[C@H]3c3ccccc3C(C)C)C4)ccc1C(=O)NS(=O)(=O)c1cnc(OCC3CCC(C)(O)CC3)c(N(C)[O-])c1)C(F)=CC2. The van der Waals surface area contributed by atoms with E-state index in [1.165, 1.54) is 49.1 Å². The average molecular weight is 1080 g/mol. The summed E-state index contributed by atoms with van der Waals surface area (Å²) in [6, 6.07) is 25.4. The van der Waals surface area contributed by atoms with Crippen molar-refractivity contribution in [2.75, 3.05) is 63.5 Å². The van der Waals surface area contributed by atoms with Gasteiger partial charge in [-0.3, -0.25) is 14.6 Å². The number of piperidine rings is 1. The summed E-state index contributed by atoms with van der Waals surface area (Å²) >= 11 is 6.24. The van der Waals surface area contributed by atoms with Crippen LogP contribution >= 0.6 is 11.6 Å². The summed E-state index contributed by atoms with van der Waals surface area (Å²) in [5.74, 6) is -0.876. The number of sulfonamides is 1. The smallest absolute Gasteiger partial charge is 0.268 e. The summed E-state index contributed by atoms with van der Waals surface area (Å²) < 4.78 is 63.0. The summed E-state index contributed by atoms with van der Waals surface area (Å²) in [6.45, 7) is 11.9. The zero-order valence-electron chi connectivity index (χ0n) is 43.9. The lowest BCUT2D eigenvalue weighted by atomic mass is 9.59. The van der Waals surface area contributed by atoms with Gasteiger partial charge in [0.25, 0.3) is 21.8 Å². The number of benzene rings is 3. The second kappa shape index (κ2) is 21.9. The Labute approximate surface area is 450 Å². The van der Waals surface area contributed by atoms with Crippen molar-refractivity contribution >= 4 is 44.7 Å². The van der Waals surface area contributed by atoms with Crippen LogP contribution in [-0.2, 0) is 23.0 Å². The first-order valence-electron chi connectivity index (χ1n) is 26.5. The molecule has 3 aliphatic carbocycles. The van der Waals surface area contributed by atoms with E-state index in [1.807, 2.05) is 19.1 Å². The van der Waals surface area contributed by atoms with E-state index in [1.54, 1.807) is 12.1 Å². The number of nitrogens with zero attached hydrogens (tertiary/aromatic N) is 6. The van der Waals surface area contributed by atoms with Gasteiger partial charge in [-0.2, -0.15) is 0 Å². The van der Waals surface area contributed by atoms with Crippen LogP contribution in [0.15, 0.2) is 96.0 Å². The van der Waals surface area contributed by atoms with Gasteiger partial charge in [0, 0.05) is 80.1 Å². The van der Waals surface area contributed by atoms with Crippen molar-refractivity contribution in [2.45, 2.75) is 114 Å². The van der Waals surface area contributed by atoms with Crippen LogP contribution in [0.2, 0.25) is 5.02 Å². The molecule has 2 saturated carbocycles. The average Bonchev–Trinajstić information content (AvgIpc) is 3.78. The van der Waals surface area contributed by atoms with Crippen LogP contribution < -0.4 is 28.9 Å². The third-order valence-corrected chi connectivity index (χ3v) is 18.1. The van der Waals surface area contributed by atoms with Crippen molar-refractivity contribution in [1.82, 2.24) is 24.5 Å². The van der Waals surface area contributed by atoms with Gasteiger partial charge < -0.3 is 34.5 Å². The first-order valence-corrected chi connectivity index (χ1v) is 28.4. The van der Waals surface area contributed by atoms with Gasteiger partial charge in [0.15, 0.2) is 5.75 Å². The Kier molecular flexibility index (Phi) is 15.4. The highest BCUT2D eigenvalue weighted by atomic mass is 35.5. The number of rotatable bonds is 16. The monoisotopic (exact) mass is 1080 g/mol. The molecule has 76 heavy (non-hydrogen) atoms. The fourth-order valence-electron chi connectivity index (χ4n) is 12.0. The van der Waals surface area contributed by atoms with E-state index < -0.39 is 32.3 Å². The Bertz CT molecular complexity index is 3080. The van der Waals surface area contributed by atoms with Gasteiger partial charge in [0.1, 0.15) is 16.5 Å². The second-order valence-corrected chi connectivity index (χ2v) is 24.3. The van der Waals surface area contributed by atoms with Crippen LogP contribution in [0.3, 0.4) is 0 Å². The molecule has 0 bridgehead atoms. The van der Waals surface area contributed by atoms with Crippen LogP contribution in [0, 0.1) is 16.5 Å². The number of hydrogen-bond acceptors (Lipinski definition) is 14. The number of nitrogens with one attached hydrogen (secondary N) is 1. The number of aliphatic hydroxyl groups is 1. The molecule has 0 radical (unpaired) electrons. The van der Waals surface area contributed by atoms with Crippen LogP contribution in [0.1, 0.15) is 122 Å². The molecule has 2 aromatic heterocycles. The minimum Gasteiger partial charge on any atom is -0.758 e. The van der Waals surface area contributed by atoms with Crippen molar-refractivity contribution in [2.24, 2.45) is 11.3 Å². The maximum Gasteiger partial charge on any atom is 0.268 e. The molecule has 1 atom stereocenters. The molecule has 15 nitrogen and oxygen atoms in total. The maximum atomic E-state index is 15.0. The fraction of sp³-hybridized carbons (Fsp3) is 0.466. The minimum absolute atomic E-state index is 0.00522. The Morgan fingerprint density at radius 3 is 2.42 bits per heavy atom. The summed E-state index contributed by atoms with van der Waals surface area (Å²) in [4.78, 5) is 30.1. The third kappa shape index (κ3) is 11.6.